The summed E-state index contributed by atoms with van der Waals surface area (Å²) in [4.78, 5) is 17.5. The van der Waals surface area contributed by atoms with E-state index in [0.717, 1.165) is 18.2 Å². The molecular weight excluding hydrogens is 483 g/mol. The van der Waals surface area contributed by atoms with Gasteiger partial charge in [0, 0.05) is 48.3 Å². The molecule has 28 heavy (non-hydrogen) atoms. The second-order valence-electron chi connectivity index (χ2n) is 6.61. The average Bonchev–Trinajstić information content (AvgIpc) is 2.68. The number of carbonyl (C=O) groups is 1. The van der Waals surface area contributed by atoms with Crippen molar-refractivity contribution in [2.24, 2.45) is 4.99 Å². The number of rotatable bonds is 6. The zero-order valence-electron chi connectivity index (χ0n) is 16.1. The van der Waals surface area contributed by atoms with Crippen molar-refractivity contribution in [1.82, 2.24) is 10.6 Å². The van der Waals surface area contributed by atoms with Gasteiger partial charge in [-0.25, -0.2) is 0 Å². The quantitative estimate of drug-likeness (QED) is 0.237. The summed E-state index contributed by atoms with van der Waals surface area (Å²) in [6.45, 7) is 3.67. The third-order valence-corrected chi connectivity index (χ3v) is 5.60. The maximum absolute atomic E-state index is 12.0. The summed E-state index contributed by atoms with van der Waals surface area (Å²) in [5.41, 5.74) is 2.09. The zero-order chi connectivity index (χ0) is 19.1. The number of hydrogen-bond acceptors (Lipinski definition) is 3. The second kappa shape index (κ2) is 11.3. The van der Waals surface area contributed by atoms with Gasteiger partial charge in [-0.15, -0.1) is 35.7 Å². The lowest BCUT2D eigenvalue weighted by Crippen LogP contribution is -2.42. The highest BCUT2D eigenvalue weighted by Gasteiger charge is 2.24. The lowest BCUT2D eigenvalue weighted by molar-refractivity contribution is -0.116. The van der Waals surface area contributed by atoms with Crippen LogP contribution in [0.4, 0.5) is 5.69 Å². The minimum absolute atomic E-state index is 0. The van der Waals surface area contributed by atoms with Gasteiger partial charge >= 0.3 is 0 Å². The molecule has 0 bridgehead atoms. The van der Waals surface area contributed by atoms with Crippen molar-refractivity contribution in [3.05, 3.63) is 60.2 Å². The number of carbonyl (C=O) groups excluding carboxylic acids is 1. The van der Waals surface area contributed by atoms with E-state index in [1.54, 1.807) is 7.05 Å². The molecule has 2 unspecified atom stereocenters. The Labute approximate surface area is 188 Å². The number of amides is 1. The molecule has 2 atom stereocenters. The van der Waals surface area contributed by atoms with Crippen LogP contribution in [0.5, 0.6) is 0 Å². The van der Waals surface area contributed by atoms with Crippen LogP contribution in [0.1, 0.15) is 24.8 Å². The molecule has 0 saturated heterocycles. The molecule has 0 saturated carbocycles. The van der Waals surface area contributed by atoms with Crippen LogP contribution in [0.2, 0.25) is 0 Å². The van der Waals surface area contributed by atoms with Gasteiger partial charge in [0.1, 0.15) is 0 Å². The van der Waals surface area contributed by atoms with Crippen molar-refractivity contribution in [3.8, 4) is 0 Å². The number of anilines is 1. The van der Waals surface area contributed by atoms with E-state index >= 15 is 0 Å². The van der Waals surface area contributed by atoms with E-state index < -0.39 is 0 Å². The van der Waals surface area contributed by atoms with Crippen molar-refractivity contribution in [1.29, 1.82) is 0 Å². The fourth-order valence-electron chi connectivity index (χ4n) is 3.14. The number of benzene rings is 2. The zero-order valence-corrected chi connectivity index (χ0v) is 19.3. The Morgan fingerprint density at radius 2 is 1.89 bits per heavy atom. The Kier molecular flexibility index (Phi) is 9.11. The minimum atomic E-state index is 0. The van der Waals surface area contributed by atoms with Crippen LogP contribution < -0.4 is 16.0 Å². The molecule has 2 aromatic rings. The number of aliphatic imine (C=N–C) groups is 1. The van der Waals surface area contributed by atoms with Crippen molar-refractivity contribution in [2.75, 3.05) is 25.5 Å². The number of guanidine groups is 1. The summed E-state index contributed by atoms with van der Waals surface area (Å²) in [5, 5.41) is 10.1. The van der Waals surface area contributed by atoms with Crippen molar-refractivity contribution in [3.63, 3.8) is 0 Å². The number of fused-ring (bicyclic) bond motifs is 1. The standard InChI is InChI=1S/C21H26N4OS.HI/c1-15(27-17-8-4-3-5-9-17)13-23-21(22-2)24-14-16-12-20(26)25-19-11-7-6-10-18(16)19;/h3-11,15-16H,12-14H2,1-2H3,(H,25,26)(H2,22,23,24);1H. The van der Waals surface area contributed by atoms with Crippen LogP contribution in [0.3, 0.4) is 0 Å². The van der Waals surface area contributed by atoms with Gasteiger partial charge in [0.15, 0.2) is 5.96 Å². The lowest BCUT2D eigenvalue weighted by Gasteiger charge is -2.26. The molecule has 7 heteroatoms. The number of hydrogen-bond donors (Lipinski definition) is 3. The predicted octanol–water partition coefficient (Wildman–Crippen LogP) is 4.08. The first kappa shape index (κ1) is 22.5. The molecule has 3 N–H and O–H groups in total. The van der Waals surface area contributed by atoms with Crippen molar-refractivity contribution >= 4 is 53.3 Å². The average molecular weight is 510 g/mol. The van der Waals surface area contributed by atoms with E-state index in [9.17, 15) is 4.79 Å². The molecule has 0 spiro atoms. The summed E-state index contributed by atoms with van der Waals surface area (Å²) in [6.07, 6.45) is 0.487. The Morgan fingerprint density at radius 1 is 1.18 bits per heavy atom. The van der Waals surface area contributed by atoms with E-state index in [0.29, 0.717) is 18.2 Å². The van der Waals surface area contributed by atoms with E-state index in [1.165, 1.54) is 10.5 Å². The molecular formula is C21H27IN4OS. The first-order valence-electron chi connectivity index (χ1n) is 9.20. The Morgan fingerprint density at radius 3 is 2.64 bits per heavy atom. The highest BCUT2D eigenvalue weighted by Crippen LogP contribution is 2.31. The Hall–Kier alpha value is -1.74. The Balaban J connectivity index is 0.00000280. The fraction of sp³-hybridized carbons (Fsp3) is 0.333. The summed E-state index contributed by atoms with van der Waals surface area (Å²) in [6, 6.07) is 18.4. The largest absolute Gasteiger partial charge is 0.356 e. The van der Waals surface area contributed by atoms with Gasteiger partial charge < -0.3 is 16.0 Å². The number of nitrogens with one attached hydrogen (secondary N) is 3. The lowest BCUT2D eigenvalue weighted by atomic mass is 9.90. The molecule has 0 aromatic heterocycles. The van der Waals surface area contributed by atoms with Gasteiger partial charge in [-0.3, -0.25) is 9.79 Å². The third kappa shape index (κ3) is 6.41. The predicted molar refractivity (Wildman–Crippen MR) is 129 cm³/mol. The van der Waals surface area contributed by atoms with Gasteiger partial charge in [-0.05, 0) is 23.8 Å². The highest BCUT2D eigenvalue weighted by atomic mass is 127. The molecule has 2 aromatic carbocycles. The molecule has 5 nitrogen and oxygen atoms in total. The smallest absolute Gasteiger partial charge is 0.225 e. The van der Waals surface area contributed by atoms with Crippen LogP contribution in [0.15, 0.2) is 64.5 Å². The summed E-state index contributed by atoms with van der Waals surface area (Å²) in [7, 11) is 1.77. The van der Waals surface area contributed by atoms with Crippen LogP contribution >= 0.6 is 35.7 Å². The highest BCUT2D eigenvalue weighted by molar-refractivity contribution is 14.0. The number of halogens is 1. The van der Waals surface area contributed by atoms with E-state index in [2.05, 4.69) is 58.2 Å². The summed E-state index contributed by atoms with van der Waals surface area (Å²) >= 11 is 1.83. The topological polar surface area (TPSA) is 65.5 Å². The molecule has 1 heterocycles. The third-order valence-electron chi connectivity index (χ3n) is 4.48. The van der Waals surface area contributed by atoms with E-state index in [4.69, 9.17) is 0 Å². The number of thioether (sulfide) groups is 1. The van der Waals surface area contributed by atoms with Crippen LogP contribution in [0.25, 0.3) is 0 Å². The normalized spacial score (nSPS) is 17.0. The van der Waals surface area contributed by atoms with E-state index in [1.807, 2.05) is 36.0 Å². The SMILES string of the molecule is CN=C(NCC(C)Sc1ccccc1)NCC1CC(=O)Nc2ccccc21.I. The minimum Gasteiger partial charge on any atom is -0.356 e. The first-order valence-corrected chi connectivity index (χ1v) is 10.1. The van der Waals surface area contributed by atoms with Gasteiger partial charge in [-0.2, -0.15) is 0 Å². The number of nitrogens with zero attached hydrogens (tertiary/aromatic N) is 1. The molecule has 1 aliphatic heterocycles. The molecule has 1 aliphatic rings. The fourth-order valence-corrected chi connectivity index (χ4v) is 4.08. The van der Waals surface area contributed by atoms with Crippen molar-refractivity contribution in [2.45, 2.75) is 29.4 Å². The molecule has 1 amide bonds. The summed E-state index contributed by atoms with van der Waals surface area (Å²) in [5.74, 6) is 0.972. The molecule has 0 fully saturated rings. The maximum atomic E-state index is 12.0. The van der Waals surface area contributed by atoms with E-state index in [-0.39, 0.29) is 35.8 Å². The molecule has 0 aliphatic carbocycles. The van der Waals surface area contributed by atoms with Gasteiger partial charge in [0.25, 0.3) is 0 Å². The first-order chi connectivity index (χ1) is 13.2. The van der Waals surface area contributed by atoms with Crippen LogP contribution in [0, 0.1) is 0 Å². The maximum Gasteiger partial charge on any atom is 0.225 e. The van der Waals surface area contributed by atoms with Gasteiger partial charge in [-0.1, -0.05) is 43.3 Å². The summed E-state index contributed by atoms with van der Waals surface area (Å²) < 4.78 is 0. The van der Waals surface area contributed by atoms with Crippen LogP contribution in [-0.2, 0) is 4.79 Å². The van der Waals surface area contributed by atoms with Crippen LogP contribution in [-0.4, -0.2) is 37.3 Å². The molecule has 3 rings (SSSR count). The molecule has 150 valence electrons. The second-order valence-corrected chi connectivity index (χ2v) is 8.12. The number of para-hydroxylation sites is 1. The molecule has 0 radical (unpaired) electrons. The van der Waals surface area contributed by atoms with Gasteiger partial charge in [0.05, 0.1) is 0 Å². The van der Waals surface area contributed by atoms with Crippen molar-refractivity contribution < 1.29 is 4.79 Å². The van der Waals surface area contributed by atoms with Gasteiger partial charge in [0.2, 0.25) is 5.91 Å². The Bertz CT molecular complexity index is 800. The monoisotopic (exact) mass is 510 g/mol.